The van der Waals surface area contributed by atoms with Gasteiger partial charge in [0.15, 0.2) is 0 Å². The van der Waals surface area contributed by atoms with Gasteiger partial charge in [0.25, 0.3) is 0 Å². The Morgan fingerprint density at radius 3 is 2.48 bits per heavy atom. The van der Waals surface area contributed by atoms with Crippen LogP contribution < -0.4 is 10.6 Å². The highest BCUT2D eigenvalue weighted by atomic mass is 32.2. The Morgan fingerprint density at radius 1 is 1.16 bits per heavy atom. The highest BCUT2D eigenvalue weighted by Gasteiger charge is 2.74. The molecule has 2 bridgehead atoms. The molecule has 0 radical (unpaired) electrons. The van der Waals surface area contributed by atoms with Crippen LogP contribution in [0.15, 0.2) is 0 Å². The van der Waals surface area contributed by atoms with Crippen LogP contribution in [0.25, 0.3) is 0 Å². The summed E-state index contributed by atoms with van der Waals surface area (Å²) >= 11 is 1.68. The molecule has 3 aliphatic heterocycles. The van der Waals surface area contributed by atoms with Crippen molar-refractivity contribution in [1.29, 1.82) is 0 Å². The maximum atomic E-state index is 13.8. The number of thioether (sulfide) groups is 1. The van der Waals surface area contributed by atoms with Crippen molar-refractivity contribution < 1.29 is 19.5 Å². The summed E-state index contributed by atoms with van der Waals surface area (Å²) < 4.78 is -0.576. The molecule has 0 aromatic rings. The number of hydrogen-bond donors (Lipinski definition) is 3. The lowest BCUT2D eigenvalue weighted by atomic mass is 9.70. The predicted octanol–water partition coefficient (Wildman–Crippen LogP) is 1.93. The van der Waals surface area contributed by atoms with Crippen LogP contribution in [0.5, 0.6) is 0 Å². The van der Waals surface area contributed by atoms with E-state index < -0.39 is 28.7 Å². The first kappa shape index (κ1) is 24.4. The van der Waals surface area contributed by atoms with E-state index in [4.69, 9.17) is 0 Å². The van der Waals surface area contributed by atoms with E-state index in [1.54, 1.807) is 16.7 Å². The van der Waals surface area contributed by atoms with Crippen LogP contribution in [0, 0.1) is 17.8 Å². The maximum absolute atomic E-state index is 13.8. The molecule has 3 N–H and O–H groups in total. The quantitative estimate of drug-likeness (QED) is 0.415. The molecule has 1 spiro atoms. The van der Waals surface area contributed by atoms with E-state index in [1.165, 1.54) is 0 Å². The van der Waals surface area contributed by atoms with Crippen LogP contribution >= 0.6 is 11.8 Å². The summed E-state index contributed by atoms with van der Waals surface area (Å²) in [5.74, 6) is -1.21. The second kappa shape index (κ2) is 10.1. The first-order valence-electron chi connectivity index (χ1n) is 12.0. The fourth-order valence-corrected chi connectivity index (χ4v) is 7.92. The molecule has 176 valence electrons. The summed E-state index contributed by atoms with van der Waals surface area (Å²) in [6.45, 7) is 9.05. The molecule has 3 saturated heterocycles. The smallest absolute Gasteiger partial charge is 0.244 e. The van der Waals surface area contributed by atoms with E-state index in [0.29, 0.717) is 13.1 Å². The van der Waals surface area contributed by atoms with E-state index in [0.717, 1.165) is 38.5 Å². The SMILES string of the molecule is CCCCCNC(=O)C1N([C@@H](CO)C(C)C)C(=O)[C@@H]2[C@@H](C(=O)NCCC)[C@H]3CCC12S3. The molecule has 3 aliphatic rings. The van der Waals surface area contributed by atoms with Crippen LogP contribution in [-0.2, 0) is 14.4 Å². The molecule has 8 heteroatoms. The van der Waals surface area contributed by atoms with E-state index in [9.17, 15) is 19.5 Å². The zero-order valence-electron chi connectivity index (χ0n) is 19.4. The Hall–Kier alpha value is -1.28. The molecule has 0 aromatic carbocycles. The van der Waals surface area contributed by atoms with Crippen molar-refractivity contribution in [3.8, 4) is 0 Å². The lowest BCUT2D eigenvalue weighted by molar-refractivity contribution is -0.143. The number of carbonyl (C=O) groups excluding carboxylic acids is 3. The molecule has 0 aromatic heterocycles. The van der Waals surface area contributed by atoms with E-state index in [1.807, 2.05) is 20.8 Å². The highest BCUT2D eigenvalue weighted by molar-refractivity contribution is 8.02. The Bertz CT molecular complexity index is 688. The van der Waals surface area contributed by atoms with Crippen molar-refractivity contribution in [2.75, 3.05) is 19.7 Å². The number of nitrogens with one attached hydrogen (secondary N) is 2. The molecule has 3 fully saturated rings. The normalized spacial score (nSPS) is 32.5. The van der Waals surface area contributed by atoms with Gasteiger partial charge in [-0.2, -0.15) is 0 Å². The molecule has 3 rings (SSSR count). The van der Waals surface area contributed by atoms with Gasteiger partial charge in [-0.3, -0.25) is 14.4 Å². The molecular formula is C23H39N3O4S. The van der Waals surface area contributed by atoms with Gasteiger partial charge in [0.05, 0.1) is 29.2 Å². The second-order valence-corrected chi connectivity index (χ2v) is 11.2. The summed E-state index contributed by atoms with van der Waals surface area (Å²) in [5, 5.41) is 16.3. The van der Waals surface area contributed by atoms with E-state index in [-0.39, 0.29) is 35.5 Å². The molecule has 31 heavy (non-hydrogen) atoms. The molecule has 0 aliphatic carbocycles. The number of likely N-dealkylation sites (tertiary alicyclic amines) is 1. The lowest BCUT2D eigenvalue weighted by Crippen LogP contribution is -2.57. The van der Waals surface area contributed by atoms with Crippen LogP contribution in [0.3, 0.4) is 0 Å². The summed E-state index contributed by atoms with van der Waals surface area (Å²) in [6, 6.07) is -1.07. The molecule has 2 unspecified atom stereocenters. The van der Waals surface area contributed by atoms with Gasteiger partial charge in [-0.25, -0.2) is 0 Å². The summed E-state index contributed by atoms with van der Waals surface area (Å²) in [5.41, 5.74) is 0. The number of amides is 3. The summed E-state index contributed by atoms with van der Waals surface area (Å²) in [6.07, 6.45) is 5.47. The van der Waals surface area contributed by atoms with Crippen molar-refractivity contribution in [3.05, 3.63) is 0 Å². The minimum atomic E-state index is -0.634. The first-order chi connectivity index (χ1) is 14.8. The van der Waals surface area contributed by atoms with Crippen LogP contribution in [0.4, 0.5) is 0 Å². The number of carbonyl (C=O) groups is 3. The Labute approximate surface area is 190 Å². The Balaban J connectivity index is 1.94. The molecule has 6 atom stereocenters. The van der Waals surface area contributed by atoms with E-state index in [2.05, 4.69) is 17.6 Å². The number of aliphatic hydroxyl groups is 1. The Kier molecular flexibility index (Phi) is 7.95. The van der Waals surface area contributed by atoms with Crippen molar-refractivity contribution in [2.45, 2.75) is 88.3 Å². The number of rotatable bonds is 11. The van der Waals surface area contributed by atoms with Crippen LogP contribution in [0.1, 0.15) is 66.2 Å². The molecule has 3 amide bonds. The number of unbranched alkanes of at least 4 members (excludes halogenated alkanes) is 2. The third kappa shape index (κ3) is 4.22. The van der Waals surface area contributed by atoms with Crippen molar-refractivity contribution in [3.63, 3.8) is 0 Å². The third-order valence-corrected chi connectivity index (χ3v) is 9.18. The fourth-order valence-electron chi connectivity index (χ4n) is 5.72. The zero-order valence-corrected chi connectivity index (χ0v) is 20.2. The summed E-state index contributed by atoms with van der Waals surface area (Å²) in [7, 11) is 0. The molecule has 3 heterocycles. The standard InChI is InChI=1S/C23H39N3O4S/c1-5-7-8-12-25-21(29)19-23-10-9-16(31-23)17(20(28)24-11-6-2)18(23)22(30)26(19)15(13-27)14(3)4/h14-19,27H,5-13H2,1-4H3,(H,24,28)(H,25,29)/t15-,16+,17-,18-,19?,23?/m0/s1. The molecule has 0 saturated carbocycles. The zero-order chi connectivity index (χ0) is 22.8. The largest absolute Gasteiger partial charge is 0.394 e. The Morgan fingerprint density at radius 2 is 1.87 bits per heavy atom. The molecular weight excluding hydrogens is 414 g/mol. The third-order valence-electron chi connectivity index (χ3n) is 7.23. The number of hydrogen-bond acceptors (Lipinski definition) is 5. The van der Waals surface area contributed by atoms with Gasteiger partial charge in [-0.1, -0.05) is 40.5 Å². The minimum Gasteiger partial charge on any atom is -0.394 e. The van der Waals surface area contributed by atoms with Gasteiger partial charge < -0.3 is 20.6 Å². The van der Waals surface area contributed by atoms with Crippen molar-refractivity contribution in [2.24, 2.45) is 17.8 Å². The van der Waals surface area contributed by atoms with Gasteiger partial charge in [-0.15, -0.1) is 11.8 Å². The van der Waals surface area contributed by atoms with E-state index >= 15 is 0 Å². The van der Waals surface area contributed by atoms with Gasteiger partial charge in [-0.05, 0) is 31.6 Å². The summed E-state index contributed by atoms with van der Waals surface area (Å²) in [4.78, 5) is 42.0. The van der Waals surface area contributed by atoms with Gasteiger partial charge >= 0.3 is 0 Å². The number of nitrogens with zero attached hydrogens (tertiary/aromatic N) is 1. The fraction of sp³-hybridized carbons (Fsp3) is 0.870. The second-order valence-electron chi connectivity index (χ2n) is 9.58. The van der Waals surface area contributed by atoms with Crippen LogP contribution in [-0.4, -0.2) is 69.5 Å². The number of aliphatic hydroxyl groups excluding tert-OH is 1. The van der Waals surface area contributed by atoms with Crippen molar-refractivity contribution >= 4 is 29.5 Å². The maximum Gasteiger partial charge on any atom is 0.244 e. The van der Waals surface area contributed by atoms with Gasteiger partial charge in [0.1, 0.15) is 6.04 Å². The van der Waals surface area contributed by atoms with Gasteiger partial charge in [0.2, 0.25) is 17.7 Å². The van der Waals surface area contributed by atoms with Crippen LogP contribution in [0.2, 0.25) is 0 Å². The number of fused-ring (bicyclic) bond motifs is 1. The predicted molar refractivity (Wildman–Crippen MR) is 123 cm³/mol. The first-order valence-corrected chi connectivity index (χ1v) is 12.9. The minimum absolute atomic E-state index is 0.00846. The molecule has 7 nitrogen and oxygen atoms in total. The average molecular weight is 454 g/mol. The highest BCUT2D eigenvalue weighted by Crippen LogP contribution is 2.66. The van der Waals surface area contributed by atoms with Gasteiger partial charge in [0, 0.05) is 18.3 Å². The average Bonchev–Trinajstić information content (AvgIpc) is 3.37. The van der Waals surface area contributed by atoms with Crippen molar-refractivity contribution in [1.82, 2.24) is 15.5 Å². The monoisotopic (exact) mass is 453 g/mol. The topological polar surface area (TPSA) is 98.7 Å². The lowest BCUT2D eigenvalue weighted by Gasteiger charge is -2.38.